The number of aromatic nitrogens is 2. The molecule has 0 unspecified atom stereocenters. The lowest BCUT2D eigenvalue weighted by Gasteiger charge is -2.33. The number of nitrogens with one attached hydrogen (secondary N) is 1. The lowest BCUT2D eigenvalue weighted by atomic mass is 10.1. The normalized spacial score (nSPS) is 14.6. The molecule has 0 spiro atoms. The van der Waals surface area contributed by atoms with Crippen molar-refractivity contribution in [2.24, 2.45) is 5.16 Å². The summed E-state index contributed by atoms with van der Waals surface area (Å²) in [5.74, 6) is 1.76. The molecule has 10 heteroatoms. The summed E-state index contributed by atoms with van der Waals surface area (Å²) in [5, 5.41) is 6.53. The van der Waals surface area contributed by atoms with Gasteiger partial charge in [-0.2, -0.15) is 0 Å². The van der Waals surface area contributed by atoms with E-state index in [0.717, 1.165) is 5.75 Å². The number of nitrogen functional groups attached to an aromatic ring is 1. The molecule has 1 saturated heterocycles. The fraction of sp³-hybridized carbons (Fsp3) is 0.429. The van der Waals surface area contributed by atoms with Crippen LogP contribution in [-0.2, 0) is 9.57 Å². The third-order valence-electron chi connectivity index (χ3n) is 4.67. The summed E-state index contributed by atoms with van der Waals surface area (Å²) in [6.45, 7) is 5.23. The Hall–Kier alpha value is -3.56. The molecule has 0 radical (unpaired) electrons. The molecule has 0 bridgehead atoms. The zero-order valence-electron chi connectivity index (χ0n) is 17.9. The smallest absolute Gasteiger partial charge is 0.411 e. The summed E-state index contributed by atoms with van der Waals surface area (Å²) in [4.78, 5) is 27.4. The molecule has 3 rings (SSSR count). The maximum absolute atomic E-state index is 12.3. The second-order valence-electron chi connectivity index (χ2n) is 7.32. The van der Waals surface area contributed by atoms with E-state index < -0.39 is 6.09 Å². The molecule has 0 atom stereocenters. The van der Waals surface area contributed by atoms with Crippen LogP contribution in [-0.4, -0.2) is 54.7 Å². The second-order valence-corrected chi connectivity index (χ2v) is 7.32. The highest BCUT2D eigenvalue weighted by Gasteiger charge is 2.25. The Morgan fingerprint density at radius 3 is 2.61 bits per heavy atom. The van der Waals surface area contributed by atoms with Gasteiger partial charge < -0.3 is 24.9 Å². The van der Waals surface area contributed by atoms with E-state index in [-0.39, 0.29) is 12.2 Å². The highest BCUT2D eigenvalue weighted by molar-refractivity contribution is 5.91. The van der Waals surface area contributed by atoms with Gasteiger partial charge in [0.2, 0.25) is 0 Å². The number of oxime groups is 1. The van der Waals surface area contributed by atoms with Crippen LogP contribution >= 0.6 is 0 Å². The molecule has 1 aromatic heterocycles. The van der Waals surface area contributed by atoms with Crippen molar-refractivity contribution in [2.45, 2.75) is 38.9 Å². The van der Waals surface area contributed by atoms with Crippen LogP contribution in [0.25, 0.3) is 0 Å². The average Bonchev–Trinajstić information content (AvgIpc) is 2.74. The highest BCUT2D eigenvalue weighted by Crippen LogP contribution is 2.25. The van der Waals surface area contributed by atoms with Gasteiger partial charge in [-0.1, -0.05) is 5.16 Å². The number of amides is 1. The van der Waals surface area contributed by atoms with Gasteiger partial charge in [-0.25, -0.2) is 14.8 Å². The predicted octanol–water partition coefficient (Wildman–Crippen LogP) is 3.04. The largest absolute Gasteiger partial charge is 0.491 e. The fourth-order valence-corrected chi connectivity index (χ4v) is 3.25. The lowest BCUT2D eigenvalue weighted by molar-refractivity contribution is 0.0950. The Bertz CT molecular complexity index is 895. The number of hydrogen-bond donors (Lipinski definition) is 2. The quantitative estimate of drug-likeness (QED) is 0.509. The first-order valence-corrected chi connectivity index (χ1v) is 10.1. The van der Waals surface area contributed by atoms with Crippen molar-refractivity contribution < 1.29 is 19.1 Å². The van der Waals surface area contributed by atoms with Crippen molar-refractivity contribution in [3.8, 4) is 5.75 Å². The zero-order valence-corrected chi connectivity index (χ0v) is 17.9. The van der Waals surface area contributed by atoms with E-state index in [1.807, 2.05) is 26.0 Å². The Kier molecular flexibility index (Phi) is 7.47. The van der Waals surface area contributed by atoms with Crippen molar-refractivity contribution in [1.29, 1.82) is 0 Å². The number of nitrogens with two attached hydrogens (primary N) is 1. The Morgan fingerprint density at radius 2 is 1.97 bits per heavy atom. The molecule has 2 aromatic rings. The maximum atomic E-state index is 12.3. The van der Waals surface area contributed by atoms with Gasteiger partial charge in [-0.3, -0.25) is 5.32 Å². The number of piperidine rings is 1. The van der Waals surface area contributed by atoms with Crippen LogP contribution in [0, 0.1) is 0 Å². The maximum Gasteiger partial charge on any atom is 0.411 e. The first-order valence-electron chi connectivity index (χ1n) is 10.1. The number of hydrogen-bond acceptors (Lipinski definition) is 9. The van der Waals surface area contributed by atoms with Gasteiger partial charge in [0.25, 0.3) is 0 Å². The summed E-state index contributed by atoms with van der Waals surface area (Å²) in [5.41, 5.74) is 7.21. The van der Waals surface area contributed by atoms with Gasteiger partial charge >= 0.3 is 6.09 Å². The SMILES string of the molecule is CON=Cc1c(N)ncnc1N1CCC(OC(=O)Nc2ccc(OC(C)C)cc2)CC1. The molecule has 1 aliphatic heterocycles. The summed E-state index contributed by atoms with van der Waals surface area (Å²) >= 11 is 0. The second kappa shape index (κ2) is 10.5. The van der Waals surface area contributed by atoms with Gasteiger partial charge in [0.1, 0.15) is 36.9 Å². The molecule has 3 N–H and O–H groups in total. The Morgan fingerprint density at radius 1 is 1.26 bits per heavy atom. The Labute approximate surface area is 181 Å². The number of carbonyl (C=O) groups excluding carboxylic acids is 1. The minimum atomic E-state index is -0.477. The van der Waals surface area contributed by atoms with E-state index >= 15 is 0 Å². The minimum absolute atomic E-state index is 0.0942. The van der Waals surface area contributed by atoms with E-state index in [1.165, 1.54) is 19.7 Å². The third kappa shape index (κ3) is 6.21. The minimum Gasteiger partial charge on any atom is -0.491 e. The van der Waals surface area contributed by atoms with Crippen molar-refractivity contribution in [1.82, 2.24) is 9.97 Å². The fourth-order valence-electron chi connectivity index (χ4n) is 3.25. The highest BCUT2D eigenvalue weighted by atomic mass is 16.6. The number of nitrogens with zero attached hydrogens (tertiary/aromatic N) is 4. The Balaban J connectivity index is 1.52. The van der Waals surface area contributed by atoms with E-state index in [2.05, 4.69) is 25.3 Å². The standard InChI is InChI=1S/C21H28N6O4/c1-14(2)30-16-6-4-15(5-7-16)26-21(28)31-17-8-10-27(11-9-17)20-18(12-25-29-3)19(22)23-13-24-20/h4-7,12-14,17H,8-11H2,1-3H3,(H,26,28)(H2,22,23,24). The molecule has 166 valence electrons. The van der Waals surface area contributed by atoms with Crippen LogP contribution in [0.4, 0.5) is 22.1 Å². The zero-order chi connectivity index (χ0) is 22.2. The van der Waals surface area contributed by atoms with E-state index in [9.17, 15) is 4.79 Å². The molecule has 1 amide bonds. The molecule has 1 aromatic carbocycles. The lowest BCUT2D eigenvalue weighted by Crippen LogP contribution is -2.39. The van der Waals surface area contributed by atoms with Crippen molar-refractivity contribution in [3.63, 3.8) is 0 Å². The molecule has 2 heterocycles. The van der Waals surface area contributed by atoms with Gasteiger partial charge in [0, 0.05) is 31.6 Å². The van der Waals surface area contributed by atoms with Crippen molar-refractivity contribution >= 4 is 29.6 Å². The summed E-state index contributed by atoms with van der Waals surface area (Å²) in [6.07, 6.45) is 3.68. The first-order chi connectivity index (χ1) is 15.0. The molecule has 31 heavy (non-hydrogen) atoms. The number of anilines is 3. The van der Waals surface area contributed by atoms with Gasteiger partial charge in [-0.15, -0.1) is 0 Å². The van der Waals surface area contributed by atoms with Crippen LogP contribution in [0.3, 0.4) is 0 Å². The number of ether oxygens (including phenoxy) is 2. The molecule has 1 fully saturated rings. The monoisotopic (exact) mass is 428 g/mol. The molecule has 0 saturated carbocycles. The van der Waals surface area contributed by atoms with Gasteiger partial charge in [-0.05, 0) is 38.1 Å². The number of carbonyl (C=O) groups is 1. The predicted molar refractivity (Wildman–Crippen MR) is 119 cm³/mol. The van der Waals surface area contributed by atoms with Gasteiger partial charge in [0.15, 0.2) is 0 Å². The van der Waals surface area contributed by atoms with Gasteiger partial charge in [0.05, 0.1) is 17.9 Å². The number of benzene rings is 1. The van der Waals surface area contributed by atoms with E-state index in [1.54, 1.807) is 12.1 Å². The molecule has 10 nitrogen and oxygen atoms in total. The molecular weight excluding hydrogens is 400 g/mol. The summed E-state index contributed by atoms with van der Waals surface area (Å²) in [6, 6.07) is 7.19. The van der Waals surface area contributed by atoms with Crippen molar-refractivity contribution in [3.05, 3.63) is 36.2 Å². The molecule has 1 aliphatic rings. The van der Waals surface area contributed by atoms with E-state index in [0.29, 0.717) is 48.8 Å². The van der Waals surface area contributed by atoms with Crippen LogP contribution < -0.4 is 20.7 Å². The van der Waals surface area contributed by atoms with Crippen LogP contribution in [0.5, 0.6) is 5.75 Å². The summed E-state index contributed by atoms with van der Waals surface area (Å²) in [7, 11) is 1.46. The third-order valence-corrected chi connectivity index (χ3v) is 4.67. The van der Waals surface area contributed by atoms with Crippen LogP contribution in [0.1, 0.15) is 32.3 Å². The van der Waals surface area contributed by atoms with Crippen molar-refractivity contribution in [2.75, 3.05) is 36.1 Å². The molecule has 0 aliphatic carbocycles. The topological polar surface area (TPSA) is 124 Å². The number of rotatable bonds is 7. The summed E-state index contributed by atoms with van der Waals surface area (Å²) < 4.78 is 11.2. The van der Waals surface area contributed by atoms with E-state index in [4.69, 9.17) is 20.0 Å². The molecular formula is C21H28N6O4. The first kappa shape index (κ1) is 22.1. The van der Waals surface area contributed by atoms with Crippen LogP contribution in [0.15, 0.2) is 35.7 Å². The average molecular weight is 428 g/mol. The van der Waals surface area contributed by atoms with Crippen LogP contribution in [0.2, 0.25) is 0 Å².